The van der Waals surface area contributed by atoms with Crippen LogP contribution in [0.5, 0.6) is 0 Å². The number of piperidine rings is 1. The van der Waals surface area contributed by atoms with Gasteiger partial charge in [0.25, 0.3) is 0 Å². The van der Waals surface area contributed by atoms with E-state index in [-0.39, 0.29) is 0 Å². The molecule has 112 valence electrons. The molecule has 3 nitrogen and oxygen atoms in total. The van der Waals surface area contributed by atoms with E-state index in [9.17, 15) is 0 Å². The Bertz CT molecular complexity index is 588. The highest BCUT2D eigenvalue weighted by Gasteiger charge is 2.21. The Morgan fingerprint density at radius 2 is 2.24 bits per heavy atom. The van der Waals surface area contributed by atoms with Crippen LogP contribution in [0.15, 0.2) is 36.8 Å². The van der Waals surface area contributed by atoms with Gasteiger partial charge in [-0.2, -0.15) is 0 Å². The Labute approximate surface area is 127 Å². The Morgan fingerprint density at radius 3 is 3.05 bits per heavy atom. The molecule has 1 aromatic carbocycles. The summed E-state index contributed by atoms with van der Waals surface area (Å²) in [6.45, 7) is 5.43. The minimum atomic E-state index is 0.466. The normalized spacial score (nSPS) is 22.4. The molecular weight excluding hydrogens is 258 g/mol. The summed E-state index contributed by atoms with van der Waals surface area (Å²) in [7, 11) is 0. The number of benzene rings is 1. The second kappa shape index (κ2) is 6.44. The van der Waals surface area contributed by atoms with Gasteiger partial charge >= 0.3 is 0 Å². The second-order valence-corrected chi connectivity index (χ2v) is 6.30. The predicted molar refractivity (Wildman–Crippen MR) is 86.3 cm³/mol. The highest BCUT2D eigenvalue weighted by molar-refractivity contribution is 5.22. The third-order valence-electron chi connectivity index (χ3n) is 4.44. The Balaban J connectivity index is 1.68. The molecule has 2 aromatic rings. The average Bonchev–Trinajstić information content (AvgIpc) is 2.94. The molecule has 1 saturated heterocycles. The fourth-order valence-corrected chi connectivity index (χ4v) is 3.30. The number of rotatable bonds is 4. The summed E-state index contributed by atoms with van der Waals surface area (Å²) in [5.41, 5.74) is 4.08. The molecule has 1 aromatic heterocycles. The van der Waals surface area contributed by atoms with Crippen molar-refractivity contribution < 1.29 is 0 Å². The van der Waals surface area contributed by atoms with Crippen LogP contribution in [0, 0.1) is 6.92 Å². The zero-order chi connectivity index (χ0) is 14.7. The molecule has 0 spiro atoms. The minimum absolute atomic E-state index is 0.466. The van der Waals surface area contributed by atoms with Crippen molar-refractivity contribution in [3.05, 3.63) is 53.6 Å². The lowest BCUT2D eigenvalue weighted by Gasteiger charge is -2.29. The fourth-order valence-electron chi connectivity index (χ4n) is 3.30. The molecule has 1 aliphatic rings. The lowest BCUT2D eigenvalue weighted by Crippen LogP contribution is -2.35. The Morgan fingerprint density at radius 1 is 1.33 bits per heavy atom. The highest BCUT2D eigenvalue weighted by atomic mass is 15.1. The molecule has 2 atom stereocenters. The third kappa shape index (κ3) is 3.53. The van der Waals surface area contributed by atoms with Gasteiger partial charge in [-0.05, 0) is 45.1 Å². The summed E-state index contributed by atoms with van der Waals surface area (Å²) in [4.78, 5) is 4.38. The van der Waals surface area contributed by atoms with Crippen molar-refractivity contribution in [1.82, 2.24) is 14.9 Å². The molecule has 2 unspecified atom stereocenters. The zero-order valence-electron chi connectivity index (χ0n) is 13.0. The van der Waals surface area contributed by atoms with Crippen LogP contribution in [-0.2, 0) is 13.0 Å². The highest BCUT2D eigenvalue weighted by Crippen LogP contribution is 2.25. The largest absolute Gasteiger partial charge is 0.333 e. The standard InChI is InChI=1S/C18H25N3/c1-14-5-3-7-16(11-14)9-10-21-13-19-12-18(21)17-8-4-6-15(2)20-17/h3,5,7,11-13,15,17,20H,4,6,8-10H2,1-2H3. The molecule has 1 fully saturated rings. The monoisotopic (exact) mass is 283 g/mol. The molecule has 0 aliphatic carbocycles. The van der Waals surface area contributed by atoms with E-state index in [2.05, 4.69) is 53.0 Å². The van der Waals surface area contributed by atoms with Gasteiger partial charge in [-0.1, -0.05) is 29.8 Å². The maximum absolute atomic E-state index is 4.38. The van der Waals surface area contributed by atoms with Crippen molar-refractivity contribution in [2.45, 2.75) is 58.2 Å². The summed E-state index contributed by atoms with van der Waals surface area (Å²) in [6, 6.07) is 9.86. The number of imidazole rings is 1. The van der Waals surface area contributed by atoms with E-state index >= 15 is 0 Å². The molecule has 21 heavy (non-hydrogen) atoms. The quantitative estimate of drug-likeness (QED) is 0.928. The van der Waals surface area contributed by atoms with Gasteiger partial charge in [0, 0.05) is 24.8 Å². The van der Waals surface area contributed by atoms with Gasteiger partial charge in [-0.15, -0.1) is 0 Å². The van der Waals surface area contributed by atoms with Crippen molar-refractivity contribution in [2.24, 2.45) is 0 Å². The summed E-state index contributed by atoms with van der Waals surface area (Å²) in [6.07, 6.45) is 8.89. The topological polar surface area (TPSA) is 29.9 Å². The van der Waals surface area contributed by atoms with Crippen molar-refractivity contribution >= 4 is 0 Å². The molecule has 0 saturated carbocycles. The maximum Gasteiger partial charge on any atom is 0.0948 e. The van der Waals surface area contributed by atoms with Crippen LogP contribution < -0.4 is 5.32 Å². The van der Waals surface area contributed by atoms with Crippen LogP contribution in [0.25, 0.3) is 0 Å². The maximum atomic E-state index is 4.38. The summed E-state index contributed by atoms with van der Waals surface area (Å²) in [5, 5.41) is 3.71. The van der Waals surface area contributed by atoms with Crippen molar-refractivity contribution in [3.63, 3.8) is 0 Å². The van der Waals surface area contributed by atoms with Gasteiger partial charge < -0.3 is 9.88 Å². The van der Waals surface area contributed by atoms with E-state index in [1.54, 1.807) is 0 Å². The molecule has 0 radical (unpaired) electrons. The van der Waals surface area contributed by atoms with E-state index in [1.165, 1.54) is 36.1 Å². The number of hydrogen-bond donors (Lipinski definition) is 1. The SMILES string of the molecule is Cc1cccc(CCn2cncc2C2CCCC(C)N2)c1. The molecule has 1 aliphatic heterocycles. The molecule has 0 amide bonds. The van der Waals surface area contributed by atoms with Gasteiger partial charge in [0.15, 0.2) is 0 Å². The van der Waals surface area contributed by atoms with Crippen molar-refractivity contribution in [2.75, 3.05) is 0 Å². The number of hydrogen-bond acceptors (Lipinski definition) is 2. The number of nitrogens with zero attached hydrogens (tertiary/aromatic N) is 2. The molecule has 3 heteroatoms. The Kier molecular flexibility index (Phi) is 4.39. The first kappa shape index (κ1) is 14.3. The van der Waals surface area contributed by atoms with Crippen LogP contribution in [0.2, 0.25) is 0 Å². The van der Waals surface area contributed by atoms with E-state index in [0.717, 1.165) is 13.0 Å². The summed E-state index contributed by atoms with van der Waals surface area (Å²) in [5.74, 6) is 0. The number of aryl methyl sites for hydroxylation is 3. The fraction of sp³-hybridized carbons (Fsp3) is 0.500. The smallest absolute Gasteiger partial charge is 0.0948 e. The zero-order valence-corrected chi connectivity index (χ0v) is 13.0. The summed E-state index contributed by atoms with van der Waals surface area (Å²) < 4.78 is 2.32. The third-order valence-corrected chi connectivity index (χ3v) is 4.44. The van der Waals surface area contributed by atoms with Gasteiger partial charge in [0.05, 0.1) is 12.0 Å². The molecule has 3 rings (SSSR count). The van der Waals surface area contributed by atoms with E-state index < -0.39 is 0 Å². The van der Waals surface area contributed by atoms with Crippen LogP contribution in [0.3, 0.4) is 0 Å². The van der Waals surface area contributed by atoms with E-state index in [4.69, 9.17) is 0 Å². The minimum Gasteiger partial charge on any atom is -0.333 e. The van der Waals surface area contributed by atoms with Crippen LogP contribution in [-0.4, -0.2) is 15.6 Å². The lowest BCUT2D eigenvalue weighted by molar-refractivity contribution is 0.329. The first-order valence-electron chi connectivity index (χ1n) is 8.04. The molecule has 1 N–H and O–H groups in total. The first-order valence-corrected chi connectivity index (χ1v) is 8.04. The van der Waals surface area contributed by atoms with Crippen LogP contribution in [0.1, 0.15) is 49.0 Å². The van der Waals surface area contributed by atoms with E-state index in [1.807, 2.05) is 12.5 Å². The number of nitrogens with one attached hydrogen (secondary N) is 1. The van der Waals surface area contributed by atoms with E-state index in [0.29, 0.717) is 12.1 Å². The summed E-state index contributed by atoms with van der Waals surface area (Å²) >= 11 is 0. The number of aromatic nitrogens is 2. The van der Waals surface area contributed by atoms with Crippen molar-refractivity contribution in [3.8, 4) is 0 Å². The van der Waals surface area contributed by atoms with Crippen LogP contribution >= 0.6 is 0 Å². The van der Waals surface area contributed by atoms with Gasteiger partial charge in [0.2, 0.25) is 0 Å². The Hall–Kier alpha value is -1.61. The molecule has 2 heterocycles. The second-order valence-electron chi connectivity index (χ2n) is 6.30. The van der Waals surface area contributed by atoms with Crippen LogP contribution in [0.4, 0.5) is 0 Å². The van der Waals surface area contributed by atoms with Gasteiger partial charge in [-0.25, -0.2) is 4.98 Å². The molecular formula is C18H25N3. The van der Waals surface area contributed by atoms with Gasteiger partial charge in [0.1, 0.15) is 0 Å². The van der Waals surface area contributed by atoms with Gasteiger partial charge in [-0.3, -0.25) is 0 Å². The lowest BCUT2D eigenvalue weighted by atomic mass is 9.97. The first-order chi connectivity index (χ1) is 10.2. The van der Waals surface area contributed by atoms with Crippen molar-refractivity contribution in [1.29, 1.82) is 0 Å². The predicted octanol–water partition coefficient (Wildman–Crippen LogP) is 3.64. The molecule has 0 bridgehead atoms. The average molecular weight is 283 g/mol.